The van der Waals surface area contributed by atoms with Crippen LogP contribution in [0.5, 0.6) is 0 Å². The van der Waals surface area contributed by atoms with E-state index in [0.717, 1.165) is 55.6 Å². The molecule has 4 nitrogen and oxygen atoms in total. The van der Waals surface area contributed by atoms with Crippen LogP contribution < -0.4 is 5.19 Å². The molecule has 0 atom stereocenters. The number of nitrogens with zero attached hydrogens (tertiary/aromatic N) is 3. The van der Waals surface area contributed by atoms with Crippen LogP contribution in [-0.4, -0.2) is 22.6 Å². The van der Waals surface area contributed by atoms with E-state index < -0.39 is 8.07 Å². The number of pyridine rings is 1. The zero-order valence-corrected chi connectivity index (χ0v) is 52.1. The van der Waals surface area contributed by atoms with Crippen LogP contribution in [0.2, 0.25) is 19.6 Å². The van der Waals surface area contributed by atoms with E-state index in [-0.39, 0.29) is 31.9 Å². The van der Waals surface area contributed by atoms with Crippen molar-refractivity contribution in [3.05, 3.63) is 216 Å². The summed E-state index contributed by atoms with van der Waals surface area (Å²) in [6.07, 6.45) is 1.91. The average molecular weight is 1240 g/mol. The number of hydrogen-bond acceptors (Lipinski definition) is 3. The Labute approximate surface area is 488 Å². The number of rotatable bonds is 11. The van der Waals surface area contributed by atoms with Crippen LogP contribution in [0.3, 0.4) is 0 Å². The molecule has 0 saturated carbocycles. The topological polar surface area (TPSA) is 43.9 Å². The SMILES string of the molecule is CC(C)c1cc(C(C)C)c(-c2ccc(-c3cc(C(C)C)c(-n4c(-c5[c-]ccc6c5oc5cc7c(ccc8ccccc87)cc56)nc5ccccc54)c(C(C)C)c3)cc2)c(C(C)C)c1.C[Si](C)(C)c1ccnc(-c2[c-]cccc2)c1.[Ir]. The molecule has 0 aliphatic rings. The van der Waals surface area contributed by atoms with Gasteiger partial charge in [-0.25, -0.2) is 0 Å². The van der Waals surface area contributed by atoms with Gasteiger partial charge in [0.1, 0.15) is 5.58 Å². The van der Waals surface area contributed by atoms with Crippen LogP contribution in [-0.2, 0) is 20.1 Å². The fourth-order valence-electron chi connectivity index (χ4n) is 11.5. The fraction of sp³-hybridized carbons (Fsp3) is 0.243. The van der Waals surface area contributed by atoms with Gasteiger partial charge in [0.25, 0.3) is 0 Å². The molecule has 12 aromatic rings. The maximum absolute atomic E-state index is 6.93. The summed E-state index contributed by atoms with van der Waals surface area (Å²) in [6.45, 7) is 30.2. The number of para-hydroxylation sites is 2. The van der Waals surface area contributed by atoms with Gasteiger partial charge in [-0.2, -0.15) is 0 Å². The summed E-state index contributed by atoms with van der Waals surface area (Å²) in [5.74, 6) is 2.64. The van der Waals surface area contributed by atoms with Crippen LogP contribution in [0, 0.1) is 12.1 Å². The number of furan rings is 1. The van der Waals surface area contributed by atoms with Crippen LogP contribution in [0.15, 0.2) is 180 Å². The number of fused-ring (bicyclic) bond motifs is 7. The van der Waals surface area contributed by atoms with Gasteiger partial charge in [0, 0.05) is 37.4 Å². The zero-order chi connectivity index (χ0) is 55.4. The van der Waals surface area contributed by atoms with Crippen molar-refractivity contribution < 1.29 is 24.5 Å². The van der Waals surface area contributed by atoms with Gasteiger partial charge in [0.2, 0.25) is 0 Å². The number of imidazole rings is 1. The van der Waals surface area contributed by atoms with Crippen LogP contribution in [0.25, 0.3) is 105 Å². The van der Waals surface area contributed by atoms with E-state index in [1.807, 2.05) is 30.5 Å². The van der Waals surface area contributed by atoms with Crippen molar-refractivity contribution in [1.82, 2.24) is 14.5 Å². The third kappa shape index (κ3) is 10.7. The predicted octanol–water partition coefficient (Wildman–Crippen LogP) is 20.7. The van der Waals surface area contributed by atoms with Crippen molar-refractivity contribution in [3.63, 3.8) is 0 Å². The summed E-state index contributed by atoms with van der Waals surface area (Å²) < 4.78 is 9.33. The van der Waals surface area contributed by atoms with Crippen molar-refractivity contribution in [2.75, 3.05) is 0 Å². The van der Waals surface area contributed by atoms with E-state index in [1.54, 1.807) is 0 Å². The van der Waals surface area contributed by atoms with E-state index in [0.29, 0.717) is 17.8 Å². The quantitative estimate of drug-likeness (QED) is 0.0736. The Morgan fingerprint density at radius 3 is 1.79 bits per heavy atom. The van der Waals surface area contributed by atoms with E-state index in [2.05, 4.69) is 256 Å². The Kier molecular flexibility index (Phi) is 15.9. The van der Waals surface area contributed by atoms with Gasteiger partial charge in [-0.3, -0.25) is 4.98 Å². The predicted molar refractivity (Wildman–Crippen MR) is 340 cm³/mol. The second-order valence-corrected chi connectivity index (χ2v) is 29.3. The molecule has 6 heteroatoms. The molecule has 0 saturated heterocycles. The summed E-state index contributed by atoms with van der Waals surface area (Å²) in [5, 5.41) is 8.44. The van der Waals surface area contributed by atoms with Crippen LogP contribution in [0.1, 0.15) is 127 Å². The first kappa shape index (κ1) is 56.1. The van der Waals surface area contributed by atoms with Crippen molar-refractivity contribution in [2.45, 2.75) is 118 Å². The fourth-order valence-corrected chi connectivity index (χ4v) is 12.7. The van der Waals surface area contributed by atoms with Gasteiger partial charge < -0.3 is 14.0 Å². The van der Waals surface area contributed by atoms with Crippen molar-refractivity contribution >= 4 is 67.8 Å². The number of aromatic nitrogens is 3. The van der Waals surface area contributed by atoms with Crippen molar-refractivity contribution in [1.29, 1.82) is 0 Å². The van der Waals surface area contributed by atoms with E-state index in [9.17, 15) is 0 Å². The monoisotopic (exact) mass is 1240 g/mol. The molecule has 80 heavy (non-hydrogen) atoms. The maximum Gasteiger partial charge on any atom is 0.121 e. The third-order valence-corrected chi connectivity index (χ3v) is 18.0. The average Bonchev–Trinajstić information content (AvgIpc) is 4.24. The summed E-state index contributed by atoms with van der Waals surface area (Å²) >= 11 is 0. The molecular formula is C74H73IrN3OSi-2. The molecule has 0 unspecified atom stereocenters. The molecular weight excluding hydrogens is 1170 g/mol. The molecule has 1 radical (unpaired) electrons. The molecule has 0 aliphatic heterocycles. The minimum atomic E-state index is -1.25. The van der Waals surface area contributed by atoms with Crippen LogP contribution >= 0.6 is 0 Å². The normalized spacial score (nSPS) is 12.0. The first-order valence-electron chi connectivity index (χ1n) is 28.5. The molecule has 0 aliphatic carbocycles. The van der Waals surface area contributed by atoms with Gasteiger partial charge >= 0.3 is 0 Å². The third-order valence-electron chi connectivity index (χ3n) is 16.0. The zero-order valence-electron chi connectivity index (χ0n) is 48.7. The molecule has 3 heterocycles. The van der Waals surface area contributed by atoms with Gasteiger partial charge in [-0.05, 0) is 149 Å². The van der Waals surface area contributed by atoms with Gasteiger partial charge in [-0.15, -0.1) is 54.1 Å². The van der Waals surface area contributed by atoms with Gasteiger partial charge in [0.05, 0.1) is 30.5 Å². The largest absolute Gasteiger partial charge is 0.501 e. The molecule has 0 amide bonds. The Bertz CT molecular complexity index is 4150. The molecule has 405 valence electrons. The molecule has 12 rings (SSSR count). The molecule has 0 N–H and O–H groups in total. The van der Waals surface area contributed by atoms with Gasteiger partial charge in [-0.1, -0.05) is 196 Å². The van der Waals surface area contributed by atoms with Crippen molar-refractivity contribution in [2.24, 2.45) is 0 Å². The minimum absolute atomic E-state index is 0. The smallest absolute Gasteiger partial charge is 0.121 e. The molecule has 0 spiro atoms. The summed E-state index contributed by atoms with van der Waals surface area (Å²) in [5.41, 5.74) is 19.8. The molecule has 0 bridgehead atoms. The summed E-state index contributed by atoms with van der Waals surface area (Å²) in [7, 11) is -1.25. The molecule has 0 fully saturated rings. The van der Waals surface area contributed by atoms with Crippen molar-refractivity contribution in [3.8, 4) is 50.6 Å². The molecule has 9 aromatic carbocycles. The first-order chi connectivity index (χ1) is 37.9. The first-order valence-corrected chi connectivity index (χ1v) is 32.0. The number of benzene rings is 9. The van der Waals surface area contributed by atoms with E-state index in [1.165, 1.54) is 82.5 Å². The Balaban J connectivity index is 0.000000364. The Morgan fingerprint density at radius 2 is 1.14 bits per heavy atom. The van der Waals surface area contributed by atoms with Gasteiger partial charge in [0.15, 0.2) is 0 Å². The second kappa shape index (κ2) is 22.7. The minimum Gasteiger partial charge on any atom is -0.501 e. The second-order valence-electron chi connectivity index (χ2n) is 24.2. The van der Waals surface area contributed by atoms with Crippen LogP contribution in [0.4, 0.5) is 0 Å². The summed E-state index contributed by atoms with van der Waals surface area (Å²) in [6, 6.07) is 68.5. The maximum atomic E-state index is 6.93. The number of hydrogen-bond donors (Lipinski definition) is 0. The Hall–Kier alpha value is -7.21. The van der Waals surface area contributed by atoms with E-state index >= 15 is 0 Å². The summed E-state index contributed by atoms with van der Waals surface area (Å²) in [4.78, 5) is 9.84. The Morgan fingerprint density at radius 1 is 0.500 bits per heavy atom. The molecule has 3 aromatic heterocycles. The standard InChI is InChI=1S/C60H57N2O.C14H16NSi.Ir/c1-34(2)43-29-48(35(3)4)57(49(30-43)36(5)6)41-25-22-39(23-26-41)44-31-50(37(7)8)58(51(32-44)38(9)10)62-55-21-14-13-20-54(55)61-60(62)47-19-15-18-46-53-28-42-27-24-40-16-11-12-17-45(40)52(42)33-56(53)63-59(46)47;1-16(2,3)13-9-10-15-14(11-13)12-7-5-4-6-8-12;/h11-18,20-38H,1-10H3;4-7,9-11H,1-3H3;/q2*-1;. The van der Waals surface area contributed by atoms with E-state index in [4.69, 9.17) is 9.40 Å².